The van der Waals surface area contributed by atoms with Crippen LogP contribution in [0.25, 0.3) is 0 Å². The fourth-order valence-electron chi connectivity index (χ4n) is 2.93. The monoisotopic (exact) mass is 224 g/mol. The third kappa shape index (κ3) is 2.69. The number of carbonyl (C=O) groups is 1. The molecule has 1 heterocycles. The van der Waals surface area contributed by atoms with Crippen molar-refractivity contribution < 1.29 is 4.79 Å². The Balaban J connectivity index is 1.88. The van der Waals surface area contributed by atoms with E-state index in [9.17, 15) is 4.79 Å². The molecular weight excluding hydrogens is 200 g/mol. The Morgan fingerprint density at radius 3 is 2.12 bits per heavy atom. The zero-order chi connectivity index (χ0) is 11.4. The van der Waals surface area contributed by atoms with Gasteiger partial charge < -0.3 is 9.80 Å². The van der Waals surface area contributed by atoms with Crippen molar-refractivity contribution in [2.45, 2.75) is 57.4 Å². The van der Waals surface area contributed by atoms with E-state index < -0.39 is 0 Å². The highest BCUT2D eigenvalue weighted by molar-refractivity contribution is 5.74. The second-order valence-corrected chi connectivity index (χ2v) is 5.23. The van der Waals surface area contributed by atoms with Gasteiger partial charge in [0.2, 0.25) is 0 Å². The summed E-state index contributed by atoms with van der Waals surface area (Å²) in [6.45, 7) is 1.94. The number of hydrogen-bond donors (Lipinski definition) is 0. The molecule has 1 aliphatic heterocycles. The van der Waals surface area contributed by atoms with Crippen molar-refractivity contribution in [3.63, 3.8) is 0 Å². The van der Waals surface area contributed by atoms with Gasteiger partial charge in [0, 0.05) is 26.2 Å². The average molecular weight is 224 g/mol. The van der Waals surface area contributed by atoms with Crippen LogP contribution in [0, 0.1) is 0 Å². The lowest BCUT2D eigenvalue weighted by Gasteiger charge is -2.31. The molecule has 2 rings (SSSR count). The van der Waals surface area contributed by atoms with Gasteiger partial charge in [0.1, 0.15) is 0 Å². The Bertz CT molecular complexity index is 228. The molecule has 2 amide bonds. The summed E-state index contributed by atoms with van der Waals surface area (Å²) in [5.41, 5.74) is 0. The molecule has 1 saturated heterocycles. The lowest BCUT2D eigenvalue weighted by molar-refractivity contribution is 0.150. The average Bonchev–Trinajstić information content (AvgIpc) is 2.70. The van der Waals surface area contributed by atoms with Crippen LogP contribution in [0.5, 0.6) is 0 Å². The molecule has 1 aliphatic carbocycles. The van der Waals surface area contributed by atoms with E-state index in [-0.39, 0.29) is 6.03 Å². The van der Waals surface area contributed by atoms with Crippen LogP contribution in [-0.4, -0.2) is 42.0 Å². The quantitative estimate of drug-likeness (QED) is 0.628. The molecule has 0 radical (unpaired) electrons. The van der Waals surface area contributed by atoms with Gasteiger partial charge in [-0.05, 0) is 25.7 Å². The highest BCUT2D eigenvalue weighted by Crippen LogP contribution is 2.22. The minimum Gasteiger partial charge on any atom is -0.325 e. The summed E-state index contributed by atoms with van der Waals surface area (Å²) in [6, 6.07) is 0.764. The minimum absolute atomic E-state index is 0.268. The zero-order valence-corrected chi connectivity index (χ0v) is 10.5. The maximum atomic E-state index is 12.2. The van der Waals surface area contributed by atoms with E-state index >= 15 is 0 Å². The van der Waals surface area contributed by atoms with Crippen molar-refractivity contribution in [2.24, 2.45) is 0 Å². The lowest BCUT2D eigenvalue weighted by Crippen LogP contribution is -2.44. The van der Waals surface area contributed by atoms with Gasteiger partial charge in [-0.2, -0.15) is 0 Å². The number of hydrogen-bond acceptors (Lipinski definition) is 1. The predicted molar refractivity (Wildman–Crippen MR) is 65.5 cm³/mol. The number of rotatable bonds is 1. The first-order valence-electron chi connectivity index (χ1n) is 6.81. The second kappa shape index (κ2) is 5.55. The Hall–Kier alpha value is -0.730. The van der Waals surface area contributed by atoms with Crippen LogP contribution in [0.4, 0.5) is 4.79 Å². The highest BCUT2D eigenvalue weighted by Gasteiger charge is 2.26. The van der Waals surface area contributed by atoms with Gasteiger partial charge in [0.25, 0.3) is 0 Å². The maximum Gasteiger partial charge on any atom is 0.319 e. The minimum atomic E-state index is 0.268. The van der Waals surface area contributed by atoms with Crippen molar-refractivity contribution in [1.82, 2.24) is 9.80 Å². The van der Waals surface area contributed by atoms with Crippen LogP contribution < -0.4 is 0 Å². The molecule has 0 unspecified atom stereocenters. The Morgan fingerprint density at radius 1 is 1.00 bits per heavy atom. The first kappa shape index (κ1) is 11.7. The summed E-state index contributed by atoms with van der Waals surface area (Å²) in [5, 5.41) is 0. The molecule has 0 atom stereocenters. The largest absolute Gasteiger partial charge is 0.325 e. The topological polar surface area (TPSA) is 23.6 Å². The summed E-state index contributed by atoms with van der Waals surface area (Å²) in [6.07, 6.45) is 10.1. The molecular formula is C13H24N2O. The molecule has 0 aromatic rings. The third-order valence-corrected chi connectivity index (χ3v) is 4.05. The van der Waals surface area contributed by atoms with Crippen molar-refractivity contribution in [1.29, 1.82) is 0 Å². The number of likely N-dealkylation sites (tertiary alicyclic amines) is 1. The molecule has 1 saturated carbocycles. The van der Waals surface area contributed by atoms with E-state index in [1.165, 1.54) is 51.4 Å². The lowest BCUT2D eigenvalue weighted by atomic mass is 10.1. The predicted octanol–water partition coefficient (Wildman–Crippen LogP) is 2.86. The molecule has 0 bridgehead atoms. The van der Waals surface area contributed by atoms with E-state index in [0.29, 0.717) is 6.04 Å². The van der Waals surface area contributed by atoms with Crippen molar-refractivity contribution in [3.05, 3.63) is 0 Å². The van der Waals surface area contributed by atoms with Gasteiger partial charge in [-0.25, -0.2) is 4.79 Å². The van der Waals surface area contributed by atoms with Gasteiger partial charge in [-0.1, -0.05) is 25.7 Å². The molecule has 0 aromatic carbocycles. The van der Waals surface area contributed by atoms with Crippen LogP contribution >= 0.6 is 0 Å². The normalized spacial score (nSPS) is 23.2. The zero-order valence-electron chi connectivity index (χ0n) is 10.5. The summed E-state index contributed by atoms with van der Waals surface area (Å²) >= 11 is 0. The van der Waals surface area contributed by atoms with E-state index in [0.717, 1.165) is 13.1 Å². The van der Waals surface area contributed by atoms with Crippen LogP contribution in [0.3, 0.4) is 0 Å². The van der Waals surface area contributed by atoms with E-state index in [2.05, 4.69) is 0 Å². The molecule has 0 spiro atoms. The molecule has 3 nitrogen and oxygen atoms in total. The van der Waals surface area contributed by atoms with Crippen molar-refractivity contribution in [2.75, 3.05) is 20.1 Å². The van der Waals surface area contributed by atoms with Crippen LogP contribution in [0.2, 0.25) is 0 Å². The Labute approximate surface area is 98.8 Å². The maximum absolute atomic E-state index is 12.2. The molecule has 16 heavy (non-hydrogen) atoms. The highest BCUT2D eigenvalue weighted by atomic mass is 16.2. The first-order valence-corrected chi connectivity index (χ1v) is 6.81. The fourth-order valence-corrected chi connectivity index (χ4v) is 2.93. The second-order valence-electron chi connectivity index (χ2n) is 5.23. The number of urea groups is 1. The third-order valence-electron chi connectivity index (χ3n) is 4.05. The summed E-state index contributed by atoms with van der Waals surface area (Å²) in [7, 11) is 2.00. The molecule has 2 fully saturated rings. The van der Waals surface area contributed by atoms with Gasteiger partial charge in [-0.15, -0.1) is 0 Å². The molecule has 92 valence electrons. The molecule has 3 heteroatoms. The van der Waals surface area contributed by atoms with Crippen LogP contribution in [0.15, 0.2) is 0 Å². The van der Waals surface area contributed by atoms with E-state index in [4.69, 9.17) is 0 Å². The summed E-state index contributed by atoms with van der Waals surface area (Å²) in [5.74, 6) is 0. The van der Waals surface area contributed by atoms with Crippen molar-refractivity contribution in [3.8, 4) is 0 Å². The number of carbonyl (C=O) groups excluding carboxylic acids is 1. The SMILES string of the molecule is CN(C(=O)N1CCCC1)C1CCCCCC1. The van der Waals surface area contributed by atoms with Crippen molar-refractivity contribution >= 4 is 6.03 Å². The van der Waals surface area contributed by atoms with E-state index in [1.807, 2.05) is 16.8 Å². The van der Waals surface area contributed by atoms with E-state index in [1.54, 1.807) is 0 Å². The van der Waals surface area contributed by atoms with Gasteiger partial charge in [0.15, 0.2) is 0 Å². The van der Waals surface area contributed by atoms with Gasteiger partial charge >= 0.3 is 6.03 Å². The summed E-state index contributed by atoms with van der Waals surface area (Å²) < 4.78 is 0. The van der Waals surface area contributed by atoms with Crippen LogP contribution in [0.1, 0.15) is 51.4 Å². The fraction of sp³-hybridized carbons (Fsp3) is 0.923. The van der Waals surface area contributed by atoms with Crippen LogP contribution in [-0.2, 0) is 0 Å². The summed E-state index contributed by atoms with van der Waals surface area (Å²) in [4.78, 5) is 16.2. The Kier molecular flexibility index (Phi) is 4.08. The Morgan fingerprint density at radius 2 is 1.56 bits per heavy atom. The molecule has 0 aromatic heterocycles. The number of nitrogens with zero attached hydrogens (tertiary/aromatic N) is 2. The van der Waals surface area contributed by atoms with Gasteiger partial charge in [-0.3, -0.25) is 0 Å². The van der Waals surface area contributed by atoms with Gasteiger partial charge in [0.05, 0.1) is 0 Å². The molecule has 0 N–H and O–H groups in total. The smallest absolute Gasteiger partial charge is 0.319 e. The molecule has 2 aliphatic rings. The first-order chi connectivity index (χ1) is 7.79. The standard InChI is InChI=1S/C13H24N2O/c1-14(12-8-4-2-3-5-9-12)13(16)15-10-6-7-11-15/h12H,2-11H2,1H3. The number of amides is 2.